The zero-order chi connectivity index (χ0) is 13.8. The van der Waals surface area contributed by atoms with Gasteiger partial charge in [0.1, 0.15) is 0 Å². The zero-order valence-electron chi connectivity index (χ0n) is 11.6. The average Bonchev–Trinajstić information content (AvgIpc) is 2.53. The van der Waals surface area contributed by atoms with Crippen LogP contribution < -0.4 is 5.32 Å². The maximum absolute atomic E-state index is 4.52. The summed E-state index contributed by atoms with van der Waals surface area (Å²) >= 11 is 0. The summed E-state index contributed by atoms with van der Waals surface area (Å²) in [5.74, 6) is 0. The predicted octanol–water partition coefficient (Wildman–Crippen LogP) is 4.01. The van der Waals surface area contributed by atoms with E-state index in [4.69, 9.17) is 0 Å². The predicted molar refractivity (Wildman–Crippen MR) is 84.6 cm³/mol. The Morgan fingerprint density at radius 2 is 1.75 bits per heavy atom. The van der Waals surface area contributed by atoms with Gasteiger partial charge in [-0.1, -0.05) is 49.4 Å². The number of nitrogens with one attached hydrogen (secondary N) is 1. The first-order valence-corrected chi connectivity index (χ1v) is 7.01. The molecule has 1 heterocycles. The van der Waals surface area contributed by atoms with Crippen LogP contribution in [0.4, 0.5) is 0 Å². The van der Waals surface area contributed by atoms with E-state index < -0.39 is 0 Å². The van der Waals surface area contributed by atoms with E-state index in [1.807, 2.05) is 24.4 Å². The number of pyridine rings is 1. The number of hydrogen-bond acceptors (Lipinski definition) is 2. The molecular weight excluding hydrogens is 244 g/mol. The third kappa shape index (κ3) is 2.70. The van der Waals surface area contributed by atoms with Crippen molar-refractivity contribution in [2.45, 2.75) is 13.5 Å². The summed E-state index contributed by atoms with van der Waals surface area (Å²) < 4.78 is 0. The fraction of sp³-hybridized carbons (Fsp3) is 0.167. The molecule has 0 bridgehead atoms. The van der Waals surface area contributed by atoms with Gasteiger partial charge in [0.05, 0.1) is 5.52 Å². The number of benzene rings is 2. The van der Waals surface area contributed by atoms with E-state index in [0.29, 0.717) is 0 Å². The van der Waals surface area contributed by atoms with E-state index >= 15 is 0 Å². The van der Waals surface area contributed by atoms with Gasteiger partial charge in [-0.15, -0.1) is 0 Å². The van der Waals surface area contributed by atoms with Crippen molar-refractivity contribution in [1.82, 2.24) is 10.3 Å². The smallest absolute Gasteiger partial charge is 0.0702 e. The lowest BCUT2D eigenvalue weighted by Gasteiger charge is -2.06. The van der Waals surface area contributed by atoms with Crippen LogP contribution in [0, 0.1) is 0 Å². The van der Waals surface area contributed by atoms with Gasteiger partial charge in [-0.3, -0.25) is 4.98 Å². The minimum atomic E-state index is 0.923. The first-order chi connectivity index (χ1) is 9.86. The maximum Gasteiger partial charge on any atom is 0.0702 e. The van der Waals surface area contributed by atoms with E-state index in [1.165, 1.54) is 22.1 Å². The summed E-state index contributed by atoms with van der Waals surface area (Å²) in [5.41, 5.74) is 4.73. The summed E-state index contributed by atoms with van der Waals surface area (Å²) in [4.78, 5) is 4.52. The number of hydrogen-bond donors (Lipinski definition) is 1. The topological polar surface area (TPSA) is 24.9 Å². The minimum absolute atomic E-state index is 0.923. The zero-order valence-corrected chi connectivity index (χ0v) is 11.6. The maximum atomic E-state index is 4.52. The fourth-order valence-electron chi connectivity index (χ4n) is 2.31. The Hall–Kier alpha value is -2.19. The molecule has 100 valence electrons. The SMILES string of the molecule is CCNCc1ccc(-c2cnc3ccccc3c2)cc1. The first kappa shape index (κ1) is 12.8. The van der Waals surface area contributed by atoms with Crippen molar-refractivity contribution in [3.8, 4) is 11.1 Å². The monoisotopic (exact) mass is 262 g/mol. The van der Waals surface area contributed by atoms with Gasteiger partial charge in [-0.25, -0.2) is 0 Å². The molecule has 0 radical (unpaired) electrons. The van der Waals surface area contributed by atoms with Gasteiger partial charge in [0.25, 0.3) is 0 Å². The molecule has 0 amide bonds. The van der Waals surface area contributed by atoms with E-state index in [2.05, 4.69) is 53.6 Å². The lowest BCUT2D eigenvalue weighted by molar-refractivity contribution is 0.727. The Morgan fingerprint density at radius 3 is 2.55 bits per heavy atom. The molecule has 2 heteroatoms. The number of fused-ring (bicyclic) bond motifs is 1. The van der Waals surface area contributed by atoms with Crippen molar-refractivity contribution in [3.63, 3.8) is 0 Å². The molecular formula is C18H18N2. The second kappa shape index (κ2) is 5.85. The van der Waals surface area contributed by atoms with Crippen molar-refractivity contribution in [3.05, 3.63) is 66.4 Å². The number of rotatable bonds is 4. The van der Waals surface area contributed by atoms with Gasteiger partial charge in [-0.2, -0.15) is 0 Å². The molecule has 0 atom stereocenters. The van der Waals surface area contributed by atoms with Gasteiger partial charge >= 0.3 is 0 Å². The minimum Gasteiger partial charge on any atom is -0.313 e. The summed E-state index contributed by atoms with van der Waals surface area (Å²) in [6.45, 7) is 4.04. The summed E-state index contributed by atoms with van der Waals surface area (Å²) in [5, 5.41) is 4.52. The van der Waals surface area contributed by atoms with Crippen LogP contribution in [-0.4, -0.2) is 11.5 Å². The normalized spacial score (nSPS) is 10.8. The Kier molecular flexibility index (Phi) is 3.75. The van der Waals surface area contributed by atoms with Crippen LogP contribution in [0.3, 0.4) is 0 Å². The molecule has 0 unspecified atom stereocenters. The molecule has 0 aliphatic carbocycles. The van der Waals surface area contributed by atoms with Crippen LogP contribution in [0.2, 0.25) is 0 Å². The molecule has 2 nitrogen and oxygen atoms in total. The molecule has 3 aromatic rings. The van der Waals surface area contributed by atoms with Crippen molar-refractivity contribution in [1.29, 1.82) is 0 Å². The molecule has 0 aliphatic rings. The highest BCUT2D eigenvalue weighted by atomic mass is 14.8. The van der Waals surface area contributed by atoms with Gasteiger partial charge < -0.3 is 5.32 Å². The van der Waals surface area contributed by atoms with E-state index in [9.17, 15) is 0 Å². The molecule has 1 aromatic heterocycles. The quantitative estimate of drug-likeness (QED) is 0.768. The highest BCUT2D eigenvalue weighted by Gasteiger charge is 2.01. The van der Waals surface area contributed by atoms with E-state index in [1.54, 1.807) is 0 Å². The van der Waals surface area contributed by atoms with Crippen LogP contribution in [0.5, 0.6) is 0 Å². The van der Waals surface area contributed by atoms with Crippen LogP contribution in [0.15, 0.2) is 60.8 Å². The third-order valence-electron chi connectivity index (χ3n) is 3.46. The van der Waals surface area contributed by atoms with Gasteiger partial charge in [0.2, 0.25) is 0 Å². The van der Waals surface area contributed by atoms with E-state index in [0.717, 1.165) is 18.6 Å². The number of aromatic nitrogens is 1. The van der Waals surface area contributed by atoms with Crippen molar-refractivity contribution >= 4 is 10.9 Å². The fourth-order valence-corrected chi connectivity index (χ4v) is 2.31. The Labute approximate surface area is 119 Å². The van der Waals surface area contributed by atoms with Crippen LogP contribution in [-0.2, 0) is 6.54 Å². The van der Waals surface area contributed by atoms with Crippen LogP contribution in [0.1, 0.15) is 12.5 Å². The molecule has 3 rings (SSSR count). The van der Waals surface area contributed by atoms with Gasteiger partial charge in [0, 0.05) is 23.7 Å². The first-order valence-electron chi connectivity index (χ1n) is 7.01. The molecule has 0 aliphatic heterocycles. The van der Waals surface area contributed by atoms with Crippen molar-refractivity contribution in [2.24, 2.45) is 0 Å². The Bertz CT molecular complexity index is 702. The molecule has 20 heavy (non-hydrogen) atoms. The highest BCUT2D eigenvalue weighted by molar-refractivity contribution is 5.83. The molecule has 0 saturated carbocycles. The average molecular weight is 262 g/mol. The summed E-state index contributed by atoms with van der Waals surface area (Å²) in [6, 6.07) is 19.1. The van der Waals surface area contributed by atoms with Crippen LogP contribution >= 0.6 is 0 Å². The lowest BCUT2D eigenvalue weighted by Crippen LogP contribution is -2.11. The molecule has 1 N–H and O–H groups in total. The van der Waals surface area contributed by atoms with Gasteiger partial charge in [-0.05, 0) is 29.8 Å². The van der Waals surface area contributed by atoms with E-state index in [-0.39, 0.29) is 0 Å². The summed E-state index contributed by atoms with van der Waals surface area (Å²) in [7, 11) is 0. The Balaban J connectivity index is 1.90. The highest BCUT2D eigenvalue weighted by Crippen LogP contribution is 2.22. The number of nitrogens with zero attached hydrogens (tertiary/aromatic N) is 1. The van der Waals surface area contributed by atoms with Crippen LogP contribution in [0.25, 0.3) is 22.0 Å². The lowest BCUT2D eigenvalue weighted by atomic mass is 10.0. The second-order valence-electron chi connectivity index (χ2n) is 4.89. The van der Waals surface area contributed by atoms with Crippen molar-refractivity contribution < 1.29 is 0 Å². The second-order valence-corrected chi connectivity index (χ2v) is 4.89. The molecule has 0 spiro atoms. The standard InChI is InChI=1S/C18H18N2/c1-2-19-12-14-7-9-15(10-8-14)17-11-16-5-3-4-6-18(16)20-13-17/h3-11,13,19H,2,12H2,1H3. The molecule has 2 aromatic carbocycles. The molecule has 0 saturated heterocycles. The molecule has 0 fully saturated rings. The summed E-state index contributed by atoms with van der Waals surface area (Å²) in [6.07, 6.45) is 1.95. The van der Waals surface area contributed by atoms with Crippen molar-refractivity contribution in [2.75, 3.05) is 6.54 Å². The van der Waals surface area contributed by atoms with Gasteiger partial charge in [0.15, 0.2) is 0 Å². The third-order valence-corrected chi connectivity index (χ3v) is 3.46. The number of para-hydroxylation sites is 1. The Morgan fingerprint density at radius 1 is 0.950 bits per heavy atom. The largest absolute Gasteiger partial charge is 0.313 e.